The molecule has 0 radical (unpaired) electrons. The zero-order valence-electron chi connectivity index (χ0n) is 11.8. The third kappa shape index (κ3) is 5.50. The number of hydrogen-bond acceptors (Lipinski definition) is 5. The second kappa shape index (κ2) is 8.35. The molecule has 0 bridgehead atoms. The molecule has 4 amide bonds. The van der Waals surface area contributed by atoms with E-state index in [-0.39, 0.29) is 18.7 Å². The van der Waals surface area contributed by atoms with Gasteiger partial charge in [0, 0.05) is 18.8 Å². The summed E-state index contributed by atoms with van der Waals surface area (Å²) in [4.78, 5) is 45.2. The van der Waals surface area contributed by atoms with Gasteiger partial charge in [-0.1, -0.05) is 12.8 Å². The Morgan fingerprint density at radius 2 is 2.05 bits per heavy atom. The van der Waals surface area contributed by atoms with Crippen LogP contribution in [-0.4, -0.2) is 28.8 Å². The maximum absolute atomic E-state index is 11.7. The van der Waals surface area contributed by atoms with Crippen LogP contribution >= 0.6 is 0 Å². The van der Waals surface area contributed by atoms with E-state index in [4.69, 9.17) is 10.9 Å². The van der Waals surface area contributed by atoms with Crippen LogP contribution in [0.1, 0.15) is 44.9 Å². The molecule has 0 aromatic rings. The fourth-order valence-electron chi connectivity index (χ4n) is 2.52. The number of hydrogen-bond donors (Lipinski definition) is 4. The van der Waals surface area contributed by atoms with E-state index in [1.54, 1.807) is 5.48 Å². The smallest absolute Gasteiger partial charge is 0.243 e. The minimum Gasteiger partial charge on any atom is -0.369 e. The summed E-state index contributed by atoms with van der Waals surface area (Å²) < 4.78 is 0. The fourth-order valence-corrected chi connectivity index (χ4v) is 2.52. The first kappa shape index (κ1) is 17.1. The second-order valence-electron chi connectivity index (χ2n) is 5.20. The Kier molecular flexibility index (Phi) is 6.80. The van der Waals surface area contributed by atoms with Crippen LogP contribution in [0.15, 0.2) is 0 Å². The Hall–Kier alpha value is -1.96. The molecule has 1 fully saturated rings. The number of rotatable bonds is 8. The predicted molar refractivity (Wildman–Crippen MR) is 71.6 cm³/mol. The summed E-state index contributed by atoms with van der Waals surface area (Å²) in [5, 5.41) is 10.6. The molecule has 21 heavy (non-hydrogen) atoms. The van der Waals surface area contributed by atoms with Gasteiger partial charge < -0.3 is 5.73 Å². The highest BCUT2D eigenvalue weighted by atomic mass is 16.5. The SMILES string of the molecule is NC(=O)C(CCCCCC(=O)NO)C1CCC(=O)NC1=O. The lowest BCUT2D eigenvalue weighted by atomic mass is 9.81. The van der Waals surface area contributed by atoms with Crippen LogP contribution in [0.2, 0.25) is 0 Å². The molecule has 2 atom stereocenters. The van der Waals surface area contributed by atoms with E-state index in [0.717, 1.165) is 0 Å². The molecular weight excluding hydrogens is 278 g/mol. The van der Waals surface area contributed by atoms with E-state index in [0.29, 0.717) is 32.1 Å². The molecule has 2 unspecified atom stereocenters. The predicted octanol–water partition coefficient (Wildman–Crippen LogP) is -0.403. The van der Waals surface area contributed by atoms with Crippen LogP contribution < -0.4 is 16.5 Å². The number of hydroxylamine groups is 1. The van der Waals surface area contributed by atoms with Crippen molar-refractivity contribution in [1.29, 1.82) is 0 Å². The molecule has 0 saturated carbocycles. The summed E-state index contributed by atoms with van der Waals surface area (Å²) in [6, 6.07) is 0. The van der Waals surface area contributed by atoms with Crippen molar-refractivity contribution in [2.24, 2.45) is 17.6 Å². The van der Waals surface area contributed by atoms with Crippen molar-refractivity contribution in [3.63, 3.8) is 0 Å². The van der Waals surface area contributed by atoms with Crippen molar-refractivity contribution in [3.05, 3.63) is 0 Å². The first-order chi connectivity index (χ1) is 9.95. The molecule has 0 spiro atoms. The zero-order valence-corrected chi connectivity index (χ0v) is 11.8. The summed E-state index contributed by atoms with van der Waals surface area (Å²) >= 11 is 0. The first-order valence-electron chi connectivity index (χ1n) is 7.01. The number of nitrogens with two attached hydrogens (primary N) is 1. The lowest BCUT2D eigenvalue weighted by Gasteiger charge is -2.26. The molecule has 1 heterocycles. The highest BCUT2D eigenvalue weighted by molar-refractivity contribution is 6.00. The summed E-state index contributed by atoms with van der Waals surface area (Å²) in [6.45, 7) is 0. The lowest BCUT2D eigenvalue weighted by molar-refractivity contribution is -0.141. The zero-order chi connectivity index (χ0) is 15.8. The third-order valence-corrected chi connectivity index (χ3v) is 3.68. The summed E-state index contributed by atoms with van der Waals surface area (Å²) in [7, 11) is 0. The topological polar surface area (TPSA) is 139 Å². The van der Waals surface area contributed by atoms with Crippen molar-refractivity contribution in [2.45, 2.75) is 44.9 Å². The quantitative estimate of drug-likeness (QED) is 0.209. The minimum absolute atomic E-state index is 0.205. The highest BCUT2D eigenvalue weighted by Crippen LogP contribution is 2.26. The van der Waals surface area contributed by atoms with E-state index >= 15 is 0 Å². The van der Waals surface area contributed by atoms with Gasteiger partial charge in [-0.2, -0.15) is 0 Å². The minimum atomic E-state index is -0.593. The van der Waals surface area contributed by atoms with Gasteiger partial charge in [0.25, 0.3) is 0 Å². The van der Waals surface area contributed by atoms with Crippen molar-refractivity contribution < 1.29 is 24.4 Å². The van der Waals surface area contributed by atoms with Gasteiger partial charge in [-0.25, -0.2) is 5.48 Å². The van der Waals surface area contributed by atoms with Crippen molar-refractivity contribution in [1.82, 2.24) is 10.8 Å². The average Bonchev–Trinajstić information content (AvgIpc) is 2.43. The van der Waals surface area contributed by atoms with Gasteiger partial charge in [0.15, 0.2) is 0 Å². The Labute approximate surface area is 122 Å². The number of piperidine rings is 1. The van der Waals surface area contributed by atoms with Crippen LogP contribution in [0.25, 0.3) is 0 Å². The Bertz CT molecular complexity index is 424. The monoisotopic (exact) mass is 299 g/mol. The molecule has 0 aromatic carbocycles. The Morgan fingerprint density at radius 1 is 1.33 bits per heavy atom. The maximum atomic E-state index is 11.7. The molecular formula is C13H21N3O5. The summed E-state index contributed by atoms with van der Waals surface area (Å²) in [5.41, 5.74) is 6.89. The van der Waals surface area contributed by atoms with Crippen LogP contribution in [-0.2, 0) is 19.2 Å². The average molecular weight is 299 g/mol. The van der Waals surface area contributed by atoms with Crippen LogP contribution in [0, 0.1) is 11.8 Å². The number of carbonyl (C=O) groups is 4. The molecule has 0 aliphatic carbocycles. The normalized spacial score (nSPS) is 19.8. The number of unbranched alkanes of at least 4 members (excludes halogenated alkanes) is 2. The molecule has 5 N–H and O–H groups in total. The number of primary amides is 1. The number of carbonyl (C=O) groups excluding carboxylic acids is 4. The molecule has 1 saturated heterocycles. The van der Waals surface area contributed by atoms with E-state index in [2.05, 4.69) is 5.32 Å². The third-order valence-electron chi connectivity index (χ3n) is 3.68. The number of imide groups is 1. The number of nitrogens with one attached hydrogen (secondary N) is 2. The fraction of sp³-hybridized carbons (Fsp3) is 0.692. The molecule has 118 valence electrons. The summed E-state index contributed by atoms with van der Waals surface area (Å²) in [5.74, 6) is -2.90. The van der Waals surface area contributed by atoms with Gasteiger partial charge in [-0.05, 0) is 19.3 Å². The highest BCUT2D eigenvalue weighted by Gasteiger charge is 2.35. The molecule has 8 nitrogen and oxygen atoms in total. The van der Waals surface area contributed by atoms with Gasteiger partial charge in [-0.15, -0.1) is 0 Å². The van der Waals surface area contributed by atoms with Crippen LogP contribution in [0.4, 0.5) is 0 Å². The van der Waals surface area contributed by atoms with E-state index < -0.39 is 29.6 Å². The van der Waals surface area contributed by atoms with Crippen molar-refractivity contribution in [2.75, 3.05) is 0 Å². The van der Waals surface area contributed by atoms with Crippen LogP contribution in [0.5, 0.6) is 0 Å². The standard InChI is InChI=1S/C13H21N3O5/c14-12(19)8(4-2-1-3-5-11(18)16-21)9-6-7-10(17)15-13(9)20/h8-9,21H,1-7H2,(H2,14,19)(H,16,18)(H,15,17,20). The molecule has 8 heteroatoms. The molecule has 1 aliphatic heterocycles. The van der Waals surface area contributed by atoms with Gasteiger partial charge >= 0.3 is 0 Å². The Morgan fingerprint density at radius 3 is 2.62 bits per heavy atom. The Balaban J connectivity index is 2.40. The van der Waals surface area contributed by atoms with Gasteiger partial charge in [0.05, 0.1) is 5.92 Å². The molecule has 0 aromatic heterocycles. The van der Waals surface area contributed by atoms with E-state index in [9.17, 15) is 19.2 Å². The maximum Gasteiger partial charge on any atom is 0.243 e. The van der Waals surface area contributed by atoms with Gasteiger partial charge in [0.2, 0.25) is 23.6 Å². The lowest BCUT2D eigenvalue weighted by Crippen LogP contribution is -2.46. The second-order valence-corrected chi connectivity index (χ2v) is 5.20. The van der Waals surface area contributed by atoms with Crippen molar-refractivity contribution in [3.8, 4) is 0 Å². The van der Waals surface area contributed by atoms with Crippen molar-refractivity contribution >= 4 is 23.6 Å². The van der Waals surface area contributed by atoms with E-state index in [1.807, 2.05) is 0 Å². The molecule has 1 rings (SSSR count). The van der Waals surface area contributed by atoms with Crippen LogP contribution in [0.3, 0.4) is 0 Å². The van der Waals surface area contributed by atoms with Gasteiger partial charge in [0.1, 0.15) is 0 Å². The van der Waals surface area contributed by atoms with Gasteiger partial charge in [-0.3, -0.25) is 29.7 Å². The largest absolute Gasteiger partial charge is 0.369 e. The van der Waals surface area contributed by atoms with E-state index in [1.165, 1.54) is 0 Å². The first-order valence-corrected chi connectivity index (χ1v) is 7.01. The summed E-state index contributed by atoms with van der Waals surface area (Å²) in [6.07, 6.45) is 3.11. The molecule has 1 aliphatic rings. The number of amides is 4.